The summed E-state index contributed by atoms with van der Waals surface area (Å²) < 4.78 is 5.09. The van der Waals surface area contributed by atoms with Gasteiger partial charge in [0.25, 0.3) is 0 Å². The number of methoxy groups -OCH3 is 1. The van der Waals surface area contributed by atoms with Crippen molar-refractivity contribution < 1.29 is 19.4 Å². The van der Waals surface area contributed by atoms with Crippen LogP contribution in [0.1, 0.15) is 23.6 Å². The Bertz CT molecular complexity index is 561. The fourth-order valence-corrected chi connectivity index (χ4v) is 3.06. The zero-order valence-electron chi connectivity index (χ0n) is 13.6. The number of hydrogen-bond donors (Lipinski definition) is 2. The third kappa shape index (κ3) is 4.09. The number of carbonyl (C=O) groups excluding carboxylic acids is 2. The minimum absolute atomic E-state index is 0.0438. The number of rotatable bonds is 7. The topological polar surface area (TPSA) is 78.9 Å². The molecule has 1 aromatic rings. The zero-order valence-corrected chi connectivity index (χ0v) is 13.6. The van der Waals surface area contributed by atoms with Gasteiger partial charge in [0.2, 0.25) is 11.8 Å². The smallest absolute Gasteiger partial charge is 0.226 e. The molecule has 23 heavy (non-hydrogen) atoms. The Morgan fingerprint density at radius 3 is 2.91 bits per heavy atom. The van der Waals surface area contributed by atoms with Crippen molar-refractivity contribution in [3.63, 3.8) is 0 Å². The lowest BCUT2D eigenvalue weighted by atomic mass is 9.92. The summed E-state index contributed by atoms with van der Waals surface area (Å²) in [4.78, 5) is 26.5. The molecule has 6 nitrogen and oxygen atoms in total. The molecule has 1 aliphatic rings. The molecule has 0 aliphatic carbocycles. The lowest BCUT2D eigenvalue weighted by molar-refractivity contribution is -0.129. The maximum absolute atomic E-state index is 12.4. The fourth-order valence-electron chi connectivity index (χ4n) is 3.06. The lowest BCUT2D eigenvalue weighted by Gasteiger charge is -2.28. The lowest BCUT2D eigenvalue weighted by Crippen LogP contribution is -2.37. The summed E-state index contributed by atoms with van der Waals surface area (Å²) in [6, 6.07) is 7.58. The van der Waals surface area contributed by atoms with E-state index in [4.69, 9.17) is 9.84 Å². The number of carbonyl (C=O) groups is 2. The number of aliphatic hydroxyl groups is 1. The average Bonchev–Trinajstić information content (AvgIpc) is 2.87. The van der Waals surface area contributed by atoms with Gasteiger partial charge in [0.1, 0.15) is 0 Å². The SMILES string of the molecule is COCCN1C(=O)C[C@@H](C(=O)NCCO)[C@@H]1c1cccc(C)c1. The molecule has 1 fully saturated rings. The van der Waals surface area contributed by atoms with Crippen LogP contribution in [-0.2, 0) is 14.3 Å². The van der Waals surface area contributed by atoms with Gasteiger partial charge in [-0.15, -0.1) is 0 Å². The molecule has 0 bridgehead atoms. The molecule has 1 aromatic carbocycles. The van der Waals surface area contributed by atoms with Gasteiger partial charge in [0.15, 0.2) is 0 Å². The van der Waals surface area contributed by atoms with Crippen LogP contribution in [0.2, 0.25) is 0 Å². The van der Waals surface area contributed by atoms with Crippen LogP contribution < -0.4 is 5.32 Å². The Hall–Kier alpha value is -1.92. The second kappa shape index (κ2) is 8.08. The zero-order chi connectivity index (χ0) is 16.8. The van der Waals surface area contributed by atoms with E-state index in [2.05, 4.69) is 5.32 Å². The molecule has 126 valence electrons. The minimum Gasteiger partial charge on any atom is -0.395 e. The Labute approximate surface area is 136 Å². The van der Waals surface area contributed by atoms with Crippen LogP contribution in [0.5, 0.6) is 0 Å². The molecule has 0 radical (unpaired) electrons. The normalized spacial score (nSPS) is 20.8. The van der Waals surface area contributed by atoms with Crippen LogP contribution in [0.4, 0.5) is 0 Å². The Kier molecular flexibility index (Phi) is 6.12. The molecular formula is C17H24N2O4. The molecule has 1 saturated heterocycles. The third-order valence-electron chi connectivity index (χ3n) is 4.10. The third-order valence-corrected chi connectivity index (χ3v) is 4.10. The average molecular weight is 320 g/mol. The van der Waals surface area contributed by atoms with Crippen LogP contribution in [0.3, 0.4) is 0 Å². The quantitative estimate of drug-likeness (QED) is 0.773. The molecule has 6 heteroatoms. The van der Waals surface area contributed by atoms with Gasteiger partial charge in [-0.2, -0.15) is 0 Å². The molecule has 1 aliphatic heterocycles. The number of likely N-dealkylation sites (tertiary alicyclic amines) is 1. The van der Waals surface area contributed by atoms with Crippen molar-refractivity contribution in [3.05, 3.63) is 35.4 Å². The number of benzene rings is 1. The number of nitrogens with zero attached hydrogens (tertiary/aromatic N) is 1. The van der Waals surface area contributed by atoms with Crippen molar-refractivity contribution in [1.82, 2.24) is 10.2 Å². The van der Waals surface area contributed by atoms with Gasteiger partial charge in [0, 0.05) is 26.6 Å². The highest BCUT2D eigenvalue weighted by Crippen LogP contribution is 2.38. The first-order valence-electron chi connectivity index (χ1n) is 7.82. The van der Waals surface area contributed by atoms with Crippen LogP contribution in [0, 0.1) is 12.8 Å². The summed E-state index contributed by atoms with van der Waals surface area (Å²) in [5, 5.41) is 11.6. The van der Waals surface area contributed by atoms with Crippen LogP contribution in [0.25, 0.3) is 0 Å². The summed E-state index contributed by atoms with van der Waals surface area (Å²) >= 11 is 0. The van der Waals surface area contributed by atoms with Gasteiger partial charge in [-0.25, -0.2) is 0 Å². The van der Waals surface area contributed by atoms with Gasteiger partial charge in [0.05, 0.1) is 25.2 Å². The monoisotopic (exact) mass is 320 g/mol. The maximum atomic E-state index is 12.4. The van der Waals surface area contributed by atoms with E-state index >= 15 is 0 Å². The van der Waals surface area contributed by atoms with Gasteiger partial charge in [-0.1, -0.05) is 29.8 Å². The van der Waals surface area contributed by atoms with E-state index in [0.29, 0.717) is 13.2 Å². The van der Waals surface area contributed by atoms with E-state index in [0.717, 1.165) is 11.1 Å². The van der Waals surface area contributed by atoms with E-state index < -0.39 is 5.92 Å². The van der Waals surface area contributed by atoms with E-state index in [-0.39, 0.29) is 37.4 Å². The highest BCUT2D eigenvalue weighted by molar-refractivity contribution is 5.90. The largest absolute Gasteiger partial charge is 0.395 e. The molecule has 0 aromatic heterocycles. The summed E-state index contributed by atoms with van der Waals surface area (Å²) in [5.41, 5.74) is 2.04. The highest BCUT2D eigenvalue weighted by atomic mass is 16.5. The maximum Gasteiger partial charge on any atom is 0.226 e. The molecule has 2 N–H and O–H groups in total. The minimum atomic E-state index is -0.451. The van der Waals surface area contributed by atoms with Crippen LogP contribution >= 0.6 is 0 Å². The first-order valence-corrected chi connectivity index (χ1v) is 7.82. The molecule has 2 amide bonds. The molecule has 2 atom stereocenters. The van der Waals surface area contributed by atoms with E-state index in [1.54, 1.807) is 12.0 Å². The van der Waals surface area contributed by atoms with Crippen molar-refractivity contribution >= 4 is 11.8 Å². The standard InChI is InChI=1S/C17H24N2O4/c1-12-4-3-5-13(10-12)16-14(17(22)18-6-8-20)11-15(21)19(16)7-9-23-2/h3-5,10,14,16,20H,6-9,11H2,1-2H3,(H,18,22)/t14-,16+/m1/s1. The molecule has 0 saturated carbocycles. The van der Waals surface area contributed by atoms with Gasteiger partial charge >= 0.3 is 0 Å². The number of aliphatic hydroxyl groups excluding tert-OH is 1. The van der Waals surface area contributed by atoms with Gasteiger partial charge in [-0.05, 0) is 12.5 Å². The predicted octanol–water partition coefficient (Wildman–Crippen LogP) is 0.640. The number of aryl methyl sites for hydroxylation is 1. The van der Waals surface area contributed by atoms with E-state index in [9.17, 15) is 9.59 Å². The highest BCUT2D eigenvalue weighted by Gasteiger charge is 2.44. The van der Waals surface area contributed by atoms with Crippen molar-refractivity contribution in [2.24, 2.45) is 5.92 Å². The Balaban J connectivity index is 2.29. The molecule has 0 unspecified atom stereocenters. The molecule has 0 spiro atoms. The van der Waals surface area contributed by atoms with E-state index in [1.807, 2.05) is 31.2 Å². The Morgan fingerprint density at radius 1 is 1.48 bits per heavy atom. The van der Waals surface area contributed by atoms with Gasteiger partial charge in [-0.3, -0.25) is 9.59 Å². The Morgan fingerprint density at radius 2 is 2.26 bits per heavy atom. The van der Waals surface area contributed by atoms with Crippen molar-refractivity contribution in [2.45, 2.75) is 19.4 Å². The second-order valence-electron chi connectivity index (χ2n) is 5.76. The molecular weight excluding hydrogens is 296 g/mol. The summed E-state index contributed by atoms with van der Waals surface area (Å²) in [6.45, 7) is 2.95. The van der Waals surface area contributed by atoms with Crippen LogP contribution in [0.15, 0.2) is 24.3 Å². The fraction of sp³-hybridized carbons (Fsp3) is 0.529. The predicted molar refractivity (Wildman–Crippen MR) is 85.7 cm³/mol. The first-order chi connectivity index (χ1) is 11.1. The number of nitrogens with one attached hydrogen (secondary N) is 1. The van der Waals surface area contributed by atoms with Gasteiger partial charge < -0.3 is 20.1 Å². The summed E-state index contributed by atoms with van der Waals surface area (Å²) in [6.07, 6.45) is 0.180. The molecule has 2 rings (SSSR count). The summed E-state index contributed by atoms with van der Waals surface area (Å²) in [5.74, 6) is -0.691. The summed E-state index contributed by atoms with van der Waals surface area (Å²) in [7, 11) is 1.59. The number of amides is 2. The van der Waals surface area contributed by atoms with E-state index in [1.165, 1.54) is 0 Å². The van der Waals surface area contributed by atoms with Crippen molar-refractivity contribution in [1.29, 1.82) is 0 Å². The van der Waals surface area contributed by atoms with Crippen molar-refractivity contribution in [3.8, 4) is 0 Å². The molecule has 1 heterocycles. The van der Waals surface area contributed by atoms with Crippen LogP contribution in [-0.4, -0.2) is 55.2 Å². The number of hydrogen-bond acceptors (Lipinski definition) is 4. The first kappa shape index (κ1) is 17.4. The van der Waals surface area contributed by atoms with Crippen molar-refractivity contribution in [2.75, 3.05) is 33.4 Å². The second-order valence-corrected chi connectivity index (χ2v) is 5.76. The number of ether oxygens (including phenoxy) is 1.